The summed E-state index contributed by atoms with van der Waals surface area (Å²) >= 11 is -2.00. The van der Waals surface area contributed by atoms with Gasteiger partial charge in [0.05, 0.1) is 0 Å². The zero-order valence-electron chi connectivity index (χ0n) is 4.89. The van der Waals surface area contributed by atoms with Crippen molar-refractivity contribution >= 4 is 0 Å². The Bertz CT molecular complexity index is 56.3. The molecule has 0 aromatic heterocycles. The maximum absolute atomic E-state index is 8.50. The van der Waals surface area contributed by atoms with Crippen molar-refractivity contribution in [1.82, 2.24) is 0 Å². The topological polar surface area (TPSA) is 54.4 Å². The molecule has 0 aromatic rings. The Hall–Kier alpha value is 0.274. The second kappa shape index (κ2) is 15.7. The molecular formula is C4H10O3Ti. The van der Waals surface area contributed by atoms with Crippen molar-refractivity contribution in [1.29, 1.82) is 0 Å². The fourth-order valence-corrected chi connectivity index (χ4v) is 0.158. The Labute approximate surface area is 57.7 Å². The molecule has 1 N–H and O–H groups in total. The van der Waals surface area contributed by atoms with Gasteiger partial charge in [-0.3, -0.25) is 0 Å². The molecule has 0 aliphatic rings. The van der Waals surface area contributed by atoms with Crippen molar-refractivity contribution in [2.45, 2.75) is 19.8 Å². The van der Waals surface area contributed by atoms with E-state index in [2.05, 4.69) is 6.92 Å². The first-order valence-corrected chi connectivity index (χ1v) is 3.71. The van der Waals surface area contributed by atoms with E-state index in [0.29, 0.717) is 6.61 Å². The van der Waals surface area contributed by atoms with Crippen molar-refractivity contribution in [2.75, 3.05) is 6.61 Å². The fraction of sp³-hybridized carbons (Fsp3) is 1.00. The first kappa shape index (κ1) is 11.1. The van der Waals surface area contributed by atoms with Crippen LogP contribution in [0, 0.1) is 0 Å². The first-order valence-electron chi connectivity index (χ1n) is 2.43. The summed E-state index contributed by atoms with van der Waals surface area (Å²) in [4.78, 5) is 0. The van der Waals surface area contributed by atoms with Crippen LogP contribution in [0.2, 0.25) is 0 Å². The van der Waals surface area contributed by atoms with Crippen LogP contribution in [-0.4, -0.2) is 11.7 Å². The Morgan fingerprint density at radius 3 is 1.88 bits per heavy atom. The van der Waals surface area contributed by atoms with Crippen molar-refractivity contribution < 1.29 is 30.8 Å². The van der Waals surface area contributed by atoms with Crippen LogP contribution in [0.25, 0.3) is 0 Å². The van der Waals surface area contributed by atoms with Crippen LogP contribution in [0.15, 0.2) is 0 Å². The van der Waals surface area contributed by atoms with Gasteiger partial charge in [-0.2, -0.15) is 0 Å². The van der Waals surface area contributed by atoms with Gasteiger partial charge in [0.2, 0.25) is 0 Å². The second-order valence-electron chi connectivity index (χ2n) is 1.16. The molecule has 48 valence electrons. The van der Waals surface area contributed by atoms with Crippen LogP contribution in [0.5, 0.6) is 0 Å². The van der Waals surface area contributed by atoms with E-state index in [9.17, 15) is 0 Å². The van der Waals surface area contributed by atoms with Crippen LogP contribution in [0.3, 0.4) is 0 Å². The van der Waals surface area contributed by atoms with Gasteiger partial charge in [-0.1, -0.05) is 13.3 Å². The minimum atomic E-state index is -2.00. The minimum absolute atomic E-state index is 0.344. The molecule has 0 rings (SSSR count). The molecule has 0 aliphatic heterocycles. The SMILES string of the molecule is CCCCO.[O]=[Ti]=[O]. The quantitative estimate of drug-likeness (QED) is 0.590. The monoisotopic (exact) mass is 154 g/mol. The second-order valence-corrected chi connectivity index (χ2v) is 1.42. The summed E-state index contributed by atoms with van der Waals surface area (Å²) < 4.78 is 17.0. The summed E-state index contributed by atoms with van der Waals surface area (Å²) in [7, 11) is 0. The van der Waals surface area contributed by atoms with E-state index in [4.69, 9.17) is 11.8 Å². The van der Waals surface area contributed by atoms with E-state index in [1.807, 2.05) is 0 Å². The van der Waals surface area contributed by atoms with Crippen LogP contribution >= 0.6 is 0 Å². The molecule has 0 atom stereocenters. The molecule has 0 saturated heterocycles. The number of hydrogen-bond donors (Lipinski definition) is 1. The summed E-state index contributed by atoms with van der Waals surface area (Å²) in [5, 5.41) is 8.07. The molecule has 0 aromatic carbocycles. The molecular weight excluding hydrogens is 144 g/mol. The van der Waals surface area contributed by atoms with Crippen molar-refractivity contribution in [2.24, 2.45) is 0 Å². The van der Waals surface area contributed by atoms with Gasteiger partial charge in [0.25, 0.3) is 0 Å². The van der Waals surface area contributed by atoms with Crippen molar-refractivity contribution in [3.63, 3.8) is 0 Å². The van der Waals surface area contributed by atoms with E-state index in [1.165, 1.54) is 0 Å². The van der Waals surface area contributed by atoms with Gasteiger partial charge in [0, 0.05) is 6.61 Å². The van der Waals surface area contributed by atoms with E-state index < -0.39 is 19.1 Å². The van der Waals surface area contributed by atoms with Gasteiger partial charge in [0.1, 0.15) is 0 Å². The normalized spacial score (nSPS) is 6.25. The van der Waals surface area contributed by atoms with E-state index >= 15 is 0 Å². The zero-order valence-corrected chi connectivity index (χ0v) is 6.45. The predicted octanol–water partition coefficient (Wildman–Crippen LogP) is 0.539. The summed E-state index contributed by atoms with van der Waals surface area (Å²) in [6.45, 7) is 2.40. The van der Waals surface area contributed by atoms with Gasteiger partial charge in [-0.25, -0.2) is 0 Å². The molecule has 0 unspecified atom stereocenters. The number of rotatable bonds is 2. The standard InChI is InChI=1S/C4H10O.2O.Ti/c1-2-3-4-5;;;/h5H,2-4H2,1H3;;;. The Kier molecular flexibility index (Phi) is 21.8. The summed E-state index contributed by atoms with van der Waals surface area (Å²) in [5.41, 5.74) is 0. The van der Waals surface area contributed by atoms with Gasteiger partial charge < -0.3 is 5.11 Å². The number of hydrogen-bond acceptors (Lipinski definition) is 3. The van der Waals surface area contributed by atoms with E-state index in [-0.39, 0.29) is 0 Å². The molecule has 0 amide bonds. The van der Waals surface area contributed by atoms with Crippen molar-refractivity contribution in [3.05, 3.63) is 0 Å². The molecule has 0 fully saturated rings. The Morgan fingerprint density at radius 2 is 1.88 bits per heavy atom. The average Bonchev–Trinajstić information content (AvgIpc) is 1.71. The van der Waals surface area contributed by atoms with E-state index in [0.717, 1.165) is 12.8 Å². The molecule has 4 heteroatoms. The van der Waals surface area contributed by atoms with E-state index in [1.54, 1.807) is 0 Å². The summed E-state index contributed by atoms with van der Waals surface area (Å²) in [6.07, 6.45) is 2.04. The molecule has 0 radical (unpaired) electrons. The molecule has 0 saturated carbocycles. The summed E-state index contributed by atoms with van der Waals surface area (Å²) in [6, 6.07) is 0. The maximum atomic E-state index is 8.50. The van der Waals surface area contributed by atoms with Gasteiger partial charge >= 0.3 is 25.7 Å². The molecule has 0 bridgehead atoms. The van der Waals surface area contributed by atoms with Gasteiger partial charge in [-0.15, -0.1) is 0 Å². The first-order chi connectivity index (χ1) is 3.83. The summed E-state index contributed by atoms with van der Waals surface area (Å²) in [5.74, 6) is 0. The third-order valence-electron chi connectivity index (χ3n) is 0.512. The zero-order chi connectivity index (χ0) is 6.83. The molecule has 0 aliphatic carbocycles. The molecule has 3 nitrogen and oxygen atoms in total. The number of aliphatic hydroxyl groups excluding tert-OH is 1. The van der Waals surface area contributed by atoms with Gasteiger partial charge in [0.15, 0.2) is 0 Å². The van der Waals surface area contributed by atoms with Crippen LogP contribution in [0.4, 0.5) is 0 Å². The molecule has 0 spiro atoms. The predicted molar refractivity (Wildman–Crippen MR) is 23.4 cm³/mol. The fourth-order valence-electron chi connectivity index (χ4n) is 0.158. The van der Waals surface area contributed by atoms with Crippen LogP contribution in [-0.2, 0) is 25.7 Å². The molecule has 8 heavy (non-hydrogen) atoms. The third-order valence-corrected chi connectivity index (χ3v) is 0.512. The van der Waals surface area contributed by atoms with Crippen molar-refractivity contribution in [3.8, 4) is 0 Å². The number of unbranched alkanes of at least 4 members (excludes halogenated alkanes) is 1. The molecule has 0 heterocycles. The number of aliphatic hydroxyl groups is 1. The Balaban J connectivity index is 0. The third kappa shape index (κ3) is 33.7. The van der Waals surface area contributed by atoms with Crippen LogP contribution < -0.4 is 0 Å². The van der Waals surface area contributed by atoms with Gasteiger partial charge in [-0.05, 0) is 6.42 Å². The average molecular weight is 154 g/mol. The van der Waals surface area contributed by atoms with Crippen LogP contribution in [0.1, 0.15) is 19.8 Å². The Morgan fingerprint density at radius 1 is 1.50 bits per heavy atom.